The number of hydrogen-bond donors (Lipinski definition) is 0. The molecule has 1 aromatic rings. The number of benzene rings is 1. The highest BCUT2D eigenvalue weighted by Gasteiger charge is 2.54. The molecule has 0 heterocycles. The highest BCUT2D eigenvalue weighted by atomic mass is 79.9. The SMILES string of the molecule is BrC1Cc2ccccc2C12CC2. The van der Waals surface area contributed by atoms with Gasteiger partial charge in [-0.05, 0) is 30.4 Å². The van der Waals surface area contributed by atoms with E-state index in [4.69, 9.17) is 0 Å². The molecule has 0 radical (unpaired) electrons. The number of fused-ring (bicyclic) bond motifs is 2. The van der Waals surface area contributed by atoms with Crippen LogP contribution in [0.5, 0.6) is 0 Å². The molecule has 0 aromatic heterocycles. The minimum Gasteiger partial charge on any atom is -0.0877 e. The largest absolute Gasteiger partial charge is 0.0877 e. The molecule has 1 heteroatoms. The number of alkyl halides is 1. The molecule has 1 unspecified atom stereocenters. The van der Waals surface area contributed by atoms with Crippen LogP contribution in [0.25, 0.3) is 0 Å². The lowest BCUT2D eigenvalue weighted by molar-refractivity contribution is 0.710. The topological polar surface area (TPSA) is 0 Å². The fourth-order valence-electron chi connectivity index (χ4n) is 2.46. The second-order valence-corrected chi connectivity index (χ2v) is 5.09. The quantitative estimate of drug-likeness (QED) is 0.593. The summed E-state index contributed by atoms with van der Waals surface area (Å²) in [5.41, 5.74) is 3.74. The standard InChI is InChI=1S/C11H11Br/c12-10-7-8-3-1-2-4-9(8)11(10)5-6-11/h1-4,10H,5-7H2. The van der Waals surface area contributed by atoms with E-state index in [2.05, 4.69) is 40.2 Å². The first kappa shape index (κ1) is 7.14. The van der Waals surface area contributed by atoms with Crippen molar-refractivity contribution in [2.24, 2.45) is 0 Å². The van der Waals surface area contributed by atoms with Crippen molar-refractivity contribution in [2.45, 2.75) is 29.5 Å². The summed E-state index contributed by atoms with van der Waals surface area (Å²) in [6.45, 7) is 0. The lowest BCUT2D eigenvalue weighted by Gasteiger charge is -2.11. The van der Waals surface area contributed by atoms with E-state index in [0.29, 0.717) is 10.2 Å². The lowest BCUT2D eigenvalue weighted by Crippen LogP contribution is -2.13. The van der Waals surface area contributed by atoms with E-state index in [-0.39, 0.29) is 0 Å². The molecule has 1 fully saturated rings. The fourth-order valence-corrected chi connectivity index (χ4v) is 3.51. The van der Waals surface area contributed by atoms with Crippen molar-refractivity contribution in [1.29, 1.82) is 0 Å². The fraction of sp³-hybridized carbons (Fsp3) is 0.455. The molecule has 0 bridgehead atoms. The Hall–Kier alpha value is -0.300. The molecule has 2 aliphatic rings. The van der Waals surface area contributed by atoms with Crippen molar-refractivity contribution in [1.82, 2.24) is 0 Å². The first-order valence-corrected chi connectivity index (χ1v) is 5.47. The summed E-state index contributed by atoms with van der Waals surface area (Å²) in [5, 5.41) is 0. The van der Waals surface area contributed by atoms with Crippen LogP contribution in [0.15, 0.2) is 24.3 Å². The molecule has 3 rings (SSSR count). The van der Waals surface area contributed by atoms with Gasteiger partial charge in [-0.25, -0.2) is 0 Å². The van der Waals surface area contributed by atoms with E-state index in [9.17, 15) is 0 Å². The summed E-state index contributed by atoms with van der Waals surface area (Å²) in [5.74, 6) is 0. The molecule has 12 heavy (non-hydrogen) atoms. The van der Waals surface area contributed by atoms with Gasteiger partial charge in [0.25, 0.3) is 0 Å². The molecular formula is C11H11Br. The van der Waals surface area contributed by atoms with Crippen LogP contribution in [0.4, 0.5) is 0 Å². The Morgan fingerprint density at radius 2 is 2.00 bits per heavy atom. The number of hydrogen-bond acceptors (Lipinski definition) is 0. The van der Waals surface area contributed by atoms with E-state index in [0.717, 1.165) is 0 Å². The first-order valence-electron chi connectivity index (χ1n) is 4.55. The van der Waals surface area contributed by atoms with E-state index in [1.54, 1.807) is 11.1 Å². The normalized spacial score (nSPS) is 28.9. The van der Waals surface area contributed by atoms with Gasteiger partial charge in [0, 0.05) is 10.2 Å². The zero-order chi connectivity index (χ0) is 8.18. The van der Waals surface area contributed by atoms with Gasteiger partial charge in [-0.3, -0.25) is 0 Å². The van der Waals surface area contributed by atoms with Gasteiger partial charge in [-0.1, -0.05) is 40.2 Å². The molecule has 1 spiro atoms. The summed E-state index contributed by atoms with van der Waals surface area (Å²) in [7, 11) is 0. The van der Waals surface area contributed by atoms with Gasteiger partial charge in [-0.2, -0.15) is 0 Å². The number of rotatable bonds is 0. The summed E-state index contributed by atoms with van der Waals surface area (Å²) < 4.78 is 0. The van der Waals surface area contributed by atoms with E-state index in [1.165, 1.54) is 19.3 Å². The van der Waals surface area contributed by atoms with Crippen LogP contribution in [0.2, 0.25) is 0 Å². The van der Waals surface area contributed by atoms with Crippen molar-refractivity contribution in [3.8, 4) is 0 Å². The van der Waals surface area contributed by atoms with Crippen molar-refractivity contribution < 1.29 is 0 Å². The van der Waals surface area contributed by atoms with Gasteiger partial charge in [0.15, 0.2) is 0 Å². The molecule has 1 saturated carbocycles. The average Bonchev–Trinajstić information content (AvgIpc) is 2.80. The van der Waals surface area contributed by atoms with Gasteiger partial charge in [0.2, 0.25) is 0 Å². The third-order valence-electron chi connectivity index (χ3n) is 3.34. The van der Waals surface area contributed by atoms with E-state index in [1.807, 2.05) is 0 Å². The molecule has 0 amide bonds. The third-order valence-corrected chi connectivity index (χ3v) is 4.54. The highest BCUT2D eigenvalue weighted by molar-refractivity contribution is 9.09. The second kappa shape index (κ2) is 2.14. The van der Waals surface area contributed by atoms with Crippen LogP contribution in [0, 0.1) is 0 Å². The zero-order valence-electron chi connectivity index (χ0n) is 6.89. The Bertz CT molecular complexity index is 326. The van der Waals surface area contributed by atoms with Crippen molar-refractivity contribution >= 4 is 15.9 Å². The number of halogens is 1. The monoisotopic (exact) mass is 222 g/mol. The third kappa shape index (κ3) is 0.731. The molecule has 0 N–H and O–H groups in total. The first-order chi connectivity index (χ1) is 5.83. The maximum Gasteiger partial charge on any atom is 0.0283 e. The minimum absolute atomic E-state index is 0.552. The smallest absolute Gasteiger partial charge is 0.0283 e. The maximum atomic E-state index is 3.80. The average molecular weight is 223 g/mol. The predicted molar refractivity (Wildman–Crippen MR) is 53.8 cm³/mol. The van der Waals surface area contributed by atoms with Crippen LogP contribution >= 0.6 is 15.9 Å². The molecule has 0 nitrogen and oxygen atoms in total. The Labute approximate surface area is 81.1 Å². The lowest BCUT2D eigenvalue weighted by atomic mass is 9.99. The molecule has 1 aromatic carbocycles. The zero-order valence-corrected chi connectivity index (χ0v) is 8.47. The molecule has 62 valence electrons. The van der Waals surface area contributed by atoms with Crippen LogP contribution in [0.3, 0.4) is 0 Å². The van der Waals surface area contributed by atoms with Crippen LogP contribution < -0.4 is 0 Å². The van der Waals surface area contributed by atoms with E-state index < -0.39 is 0 Å². The summed E-state index contributed by atoms with van der Waals surface area (Å²) in [6, 6.07) is 8.91. The Morgan fingerprint density at radius 3 is 2.75 bits per heavy atom. The Morgan fingerprint density at radius 1 is 1.25 bits per heavy atom. The Kier molecular flexibility index (Phi) is 1.27. The summed E-state index contributed by atoms with van der Waals surface area (Å²) in [6.07, 6.45) is 4.01. The van der Waals surface area contributed by atoms with Gasteiger partial charge >= 0.3 is 0 Å². The summed E-state index contributed by atoms with van der Waals surface area (Å²) in [4.78, 5) is 0.711. The molecule has 2 aliphatic carbocycles. The van der Waals surface area contributed by atoms with Crippen molar-refractivity contribution in [3.05, 3.63) is 35.4 Å². The van der Waals surface area contributed by atoms with Crippen LogP contribution in [-0.4, -0.2) is 4.83 Å². The molecule has 0 saturated heterocycles. The summed E-state index contributed by atoms with van der Waals surface area (Å²) >= 11 is 3.80. The van der Waals surface area contributed by atoms with Gasteiger partial charge < -0.3 is 0 Å². The van der Waals surface area contributed by atoms with Crippen LogP contribution in [0.1, 0.15) is 24.0 Å². The second-order valence-electron chi connectivity index (χ2n) is 3.98. The molecule has 1 atom stereocenters. The minimum atomic E-state index is 0.552. The van der Waals surface area contributed by atoms with E-state index >= 15 is 0 Å². The van der Waals surface area contributed by atoms with Gasteiger partial charge in [0.1, 0.15) is 0 Å². The van der Waals surface area contributed by atoms with Crippen molar-refractivity contribution in [3.63, 3.8) is 0 Å². The van der Waals surface area contributed by atoms with Crippen molar-refractivity contribution in [2.75, 3.05) is 0 Å². The molecule has 0 aliphatic heterocycles. The van der Waals surface area contributed by atoms with Gasteiger partial charge in [-0.15, -0.1) is 0 Å². The van der Waals surface area contributed by atoms with Gasteiger partial charge in [0.05, 0.1) is 0 Å². The predicted octanol–water partition coefficient (Wildman–Crippen LogP) is 3.04. The van der Waals surface area contributed by atoms with Crippen LogP contribution in [-0.2, 0) is 11.8 Å². The highest BCUT2D eigenvalue weighted by Crippen LogP contribution is 2.59. The maximum absolute atomic E-state index is 3.80. The Balaban J connectivity index is 2.19. The molecular weight excluding hydrogens is 212 g/mol.